The van der Waals surface area contributed by atoms with Crippen molar-refractivity contribution in [1.82, 2.24) is 14.7 Å². The minimum atomic E-state index is -0.416. The van der Waals surface area contributed by atoms with Crippen molar-refractivity contribution >= 4 is 11.6 Å². The minimum absolute atomic E-state index is 0.141. The highest BCUT2D eigenvalue weighted by Gasteiger charge is 2.42. The Morgan fingerprint density at radius 1 is 1.43 bits per heavy atom. The van der Waals surface area contributed by atoms with Crippen molar-refractivity contribution in [3.8, 4) is 0 Å². The standard InChI is InChI=1S/C16H28ClN3O/c1-11-6-8-16(9-7-11,19(3)4)14(21)10-13-12(2)18-20(5)15(13)17/h11,14,21H,6-10H2,1-5H3. The first-order valence-corrected chi connectivity index (χ1v) is 8.19. The van der Waals surface area contributed by atoms with Crippen molar-refractivity contribution < 1.29 is 5.11 Å². The van der Waals surface area contributed by atoms with Gasteiger partial charge in [0.15, 0.2) is 0 Å². The number of aromatic nitrogens is 2. The Bertz CT molecular complexity index is 490. The molecule has 0 amide bonds. The van der Waals surface area contributed by atoms with Gasteiger partial charge >= 0.3 is 0 Å². The molecule has 0 radical (unpaired) electrons. The van der Waals surface area contributed by atoms with Crippen LogP contribution in [0.5, 0.6) is 0 Å². The normalized spacial score (nSPS) is 28.1. The molecule has 1 aromatic heterocycles. The van der Waals surface area contributed by atoms with Crippen LogP contribution in [0.2, 0.25) is 5.15 Å². The van der Waals surface area contributed by atoms with Gasteiger partial charge in [0.2, 0.25) is 0 Å². The lowest BCUT2D eigenvalue weighted by atomic mass is 9.72. The fourth-order valence-corrected chi connectivity index (χ4v) is 3.88. The number of hydrogen-bond acceptors (Lipinski definition) is 3. The van der Waals surface area contributed by atoms with Gasteiger partial charge in [-0.15, -0.1) is 0 Å². The fraction of sp³-hybridized carbons (Fsp3) is 0.812. The van der Waals surface area contributed by atoms with Gasteiger partial charge in [0.1, 0.15) is 5.15 Å². The van der Waals surface area contributed by atoms with Crippen LogP contribution in [0.1, 0.15) is 43.9 Å². The van der Waals surface area contributed by atoms with Crippen LogP contribution in [0.4, 0.5) is 0 Å². The lowest BCUT2D eigenvalue weighted by molar-refractivity contribution is -0.0382. The molecule has 1 atom stereocenters. The Morgan fingerprint density at radius 2 is 2.00 bits per heavy atom. The molecule has 1 N–H and O–H groups in total. The highest BCUT2D eigenvalue weighted by molar-refractivity contribution is 6.30. The lowest BCUT2D eigenvalue weighted by Crippen LogP contribution is -2.56. The van der Waals surface area contributed by atoms with E-state index in [0.29, 0.717) is 11.6 Å². The number of aliphatic hydroxyl groups excluding tert-OH is 1. The largest absolute Gasteiger partial charge is 0.391 e. The zero-order chi connectivity index (χ0) is 15.8. The van der Waals surface area contributed by atoms with E-state index >= 15 is 0 Å². The molecule has 21 heavy (non-hydrogen) atoms. The second kappa shape index (κ2) is 6.27. The molecule has 1 saturated carbocycles. The molecule has 0 aromatic carbocycles. The van der Waals surface area contributed by atoms with Gasteiger partial charge in [0.05, 0.1) is 11.8 Å². The summed E-state index contributed by atoms with van der Waals surface area (Å²) in [5.41, 5.74) is 1.75. The number of aliphatic hydroxyl groups is 1. The number of likely N-dealkylation sites (N-methyl/N-ethyl adjacent to an activating group) is 1. The molecule has 1 unspecified atom stereocenters. The molecule has 2 rings (SSSR count). The van der Waals surface area contributed by atoms with Crippen LogP contribution in [-0.4, -0.2) is 45.5 Å². The number of rotatable bonds is 4. The molecule has 4 nitrogen and oxygen atoms in total. The zero-order valence-electron chi connectivity index (χ0n) is 13.9. The Morgan fingerprint density at radius 3 is 2.43 bits per heavy atom. The molecule has 1 fully saturated rings. The van der Waals surface area contributed by atoms with E-state index in [-0.39, 0.29) is 5.54 Å². The average molecular weight is 314 g/mol. The van der Waals surface area contributed by atoms with Crippen molar-refractivity contribution in [3.05, 3.63) is 16.4 Å². The number of nitrogens with zero attached hydrogens (tertiary/aromatic N) is 3. The maximum atomic E-state index is 11.0. The summed E-state index contributed by atoms with van der Waals surface area (Å²) in [7, 11) is 6.00. The van der Waals surface area contributed by atoms with E-state index in [2.05, 4.69) is 31.0 Å². The second-order valence-electron chi connectivity index (χ2n) is 6.88. The van der Waals surface area contributed by atoms with Gasteiger partial charge in [-0.2, -0.15) is 5.10 Å². The van der Waals surface area contributed by atoms with Gasteiger partial charge < -0.3 is 10.0 Å². The molecular formula is C16H28ClN3O. The van der Waals surface area contributed by atoms with E-state index in [4.69, 9.17) is 11.6 Å². The van der Waals surface area contributed by atoms with Gasteiger partial charge in [-0.3, -0.25) is 4.68 Å². The number of aryl methyl sites for hydroxylation is 2. The Balaban J connectivity index is 2.21. The first-order valence-electron chi connectivity index (χ1n) is 7.81. The third-order valence-electron chi connectivity index (χ3n) is 5.32. The lowest BCUT2D eigenvalue weighted by Gasteiger charge is -2.47. The van der Waals surface area contributed by atoms with Crippen LogP contribution in [0, 0.1) is 12.8 Å². The topological polar surface area (TPSA) is 41.3 Å². The molecule has 0 spiro atoms. The minimum Gasteiger partial charge on any atom is -0.391 e. The summed E-state index contributed by atoms with van der Waals surface area (Å²) in [6, 6.07) is 0. The van der Waals surface area contributed by atoms with E-state index < -0.39 is 6.10 Å². The van der Waals surface area contributed by atoms with Gasteiger partial charge in [-0.25, -0.2) is 0 Å². The van der Waals surface area contributed by atoms with Crippen LogP contribution in [0.15, 0.2) is 0 Å². The first kappa shape index (κ1) is 16.8. The summed E-state index contributed by atoms with van der Waals surface area (Å²) < 4.78 is 1.68. The SMILES string of the molecule is Cc1nn(C)c(Cl)c1CC(O)C1(N(C)C)CCC(C)CC1. The molecule has 1 aliphatic carbocycles. The average Bonchev–Trinajstić information content (AvgIpc) is 2.66. The van der Waals surface area contributed by atoms with Crippen LogP contribution in [0.3, 0.4) is 0 Å². The quantitative estimate of drug-likeness (QED) is 0.929. The summed E-state index contributed by atoms with van der Waals surface area (Å²) in [6.07, 6.45) is 4.59. The monoisotopic (exact) mass is 313 g/mol. The van der Waals surface area contributed by atoms with Crippen LogP contribution >= 0.6 is 11.6 Å². The first-order chi connectivity index (χ1) is 9.78. The number of hydrogen-bond donors (Lipinski definition) is 1. The predicted molar refractivity (Wildman–Crippen MR) is 86.7 cm³/mol. The maximum absolute atomic E-state index is 11.0. The fourth-order valence-electron chi connectivity index (χ4n) is 3.63. The summed E-state index contributed by atoms with van der Waals surface area (Å²) in [6.45, 7) is 4.26. The van der Waals surface area contributed by atoms with E-state index in [1.165, 1.54) is 12.8 Å². The molecule has 0 aliphatic heterocycles. The molecule has 0 saturated heterocycles. The summed E-state index contributed by atoms with van der Waals surface area (Å²) in [5, 5.41) is 15.9. The molecule has 0 bridgehead atoms. The van der Waals surface area contributed by atoms with E-state index in [1.54, 1.807) is 4.68 Å². The summed E-state index contributed by atoms with van der Waals surface area (Å²) in [5.74, 6) is 0.758. The maximum Gasteiger partial charge on any atom is 0.130 e. The van der Waals surface area contributed by atoms with Crippen LogP contribution in [-0.2, 0) is 13.5 Å². The summed E-state index contributed by atoms with van der Waals surface area (Å²) >= 11 is 6.32. The Kier molecular flexibility index (Phi) is 5.01. The summed E-state index contributed by atoms with van der Waals surface area (Å²) in [4.78, 5) is 2.21. The van der Waals surface area contributed by atoms with E-state index in [1.807, 2.05) is 14.0 Å². The van der Waals surface area contributed by atoms with Crippen molar-refractivity contribution in [1.29, 1.82) is 0 Å². The van der Waals surface area contributed by atoms with Crippen molar-refractivity contribution in [2.75, 3.05) is 14.1 Å². The Hall–Kier alpha value is -0.580. The van der Waals surface area contributed by atoms with E-state index in [0.717, 1.165) is 30.0 Å². The smallest absolute Gasteiger partial charge is 0.130 e. The van der Waals surface area contributed by atoms with Crippen molar-refractivity contribution in [2.45, 2.75) is 57.6 Å². The highest BCUT2D eigenvalue weighted by Crippen LogP contribution is 2.39. The molecule has 1 aromatic rings. The molecular weight excluding hydrogens is 286 g/mol. The molecule has 5 heteroatoms. The van der Waals surface area contributed by atoms with Gasteiger partial charge in [0, 0.05) is 24.6 Å². The van der Waals surface area contributed by atoms with Crippen molar-refractivity contribution in [3.63, 3.8) is 0 Å². The molecule has 120 valence electrons. The van der Waals surface area contributed by atoms with Gasteiger partial charge in [-0.05, 0) is 52.6 Å². The predicted octanol–water partition coefficient (Wildman–Crippen LogP) is 2.80. The van der Waals surface area contributed by atoms with Gasteiger partial charge in [-0.1, -0.05) is 18.5 Å². The highest BCUT2D eigenvalue weighted by atomic mass is 35.5. The molecule has 1 heterocycles. The molecule has 1 aliphatic rings. The third kappa shape index (κ3) is 3.13. The van der Waals surface area contributed by atoms with Crippen molar-refractivity contribution in [2.24, 2.45) is 13.0 Å². The van der Waals surface area contributed by atoms with Gasteiger partial charge in [0.25, 0.3) is 0 Å². The number of halogens is 1. The van der Waals surface area contributed by atoms with Crippen LogP contribution < -0.4 is 0 Å². The van der Waals surface area contributed by atoms with Crippen LogP contribution in [0.25, 0.3) is 0 Å². The van der Waals surface area contributed by atoms with E-state index in [9.17, 15) is 5.11 Å². The second-order valence-corrected chi connectivity index (χ2v) is 7.24. The third-order valence-corrected chi connectivity index (χ3v) is 5.79. The Labute approximate surface area is 133 Å². The zero-order valence-corrected chi connectivity index (χ0v) is 14.6.